The van der Waals surface area contributed by atoms with Crippen LogP contribution in [0.5, 0.6) is 5.75 Å². The van der Waals surface area contributed by atoms with E-state index < -0.39 is 5.82 Å². The molecule has 0 aliphatic heterocycles. The second kappa shape index (κ2) is 5.61. The molecule has 0 saturated carbocycles. The molecule has 1 N–H and O–H groups in total. The van der Waals surface area contributed by atoms with Crippen molar-refractivity contribution in [2.75, 3.05) is 0 Å². The van der Waals surface area contributed by atoms with Gasteiger partial charge in [-0.05, 0) is 42.5 Å². The normalized spacial score (nSPS) is 10.6. The average molecular weight is 345 g/mol. The van der Waals surface area contributed by atoms with Gasteiger partial charge in [0.2, 0.25) is 0 Å². The lowest BCUT2D eigenvalue weighted by atomic mass is 10.1. The monoisotopic (exact) mass is 344 g/mol. The van der Waals surface area contributed by atoms with Crippen LogP contribution in [0.4, 0.5) is 4.39 Å². The number of nitrogens with zero attached hydrogens (tertiary/aromatic N) is 2. The standard InChI is InChI=1S/C16H10BrFN2O/c17-11-3-4-12(13(18)8-11)16-15(21)6-5-14(20-16)10-2-1-7-19-9-10/h1-9,21H. The van der Waals surface area contributed by atoms with E-state index in [1.165, 1.54) is 12.1 Å². The molecule has 3 aromatic rings. The van der Waals surface area contributed by atoms with Crippen molar-refractivity contribution in [3.63, 3.8) is 0 Å². The average Bonchev–Trinajstić information content (AvgIpc) is 2.49. The Balaban J connectivity index is 2.15. The number of halogens is 2. The van der Waals surface area contributed by atoms with Gasteiger partial charge in [0.1, 0.15) is 17.3 Å². The molecule has 2 aromatic heterocycles. The Bertz CT molecular complexity index is 794. The van der Waals surface area contributed by atoms with E-state index in [2.05, 4.69) is 25.9 Å². The van der Waals surface area contributed by atoms with Crippen molar-refractivity contribution >= 4 is 15.9 Å². The molecule has 3 rings (SSSR count). The summed E-state index contributed by atoms with van der Waals surface area (Å²) in [5.41, 5.74) is 1.89. The third kappa shape index (κ3) is 2.78. The molecule has 0 spiro atoms. The molecule has 3 nitrogen and oxygen atoms in total. The predicted octanol–water partition coefficient (Wildman–Crippen LogP) is 4.42. The molecule has 0 fully saturated rings. The molecular weight excluding hydrogens is 335 g/mol. The van der Waals surface area contributed by atoms with Crippen LogP contribution in [0, 0.1) is 5.82 Å². The lowest BCUT2D eigenvalue weighted by Crippen LogP contribution is -1.92. The molecule has 0 aliphatic rings. The van der Waals surface area contributed by atoms with Gasteiger partial charge in [-0.15, -0.1) is 0 Å². The van der Waals surface area contributed by atoms with E-state index in [-0.39, 0.29) is 17.0 Å². The third-order valence-corrected chi connectivity index (χ3v) is 3.51. The first kappa shape index (κ1) is 13.7. The minimum atomic E-state index is -0.449. The van der Waals surface area contributed by atoms with Gasteiger partial charge in [0.05, 0.1) is 5.69 Å². The van der Waals surface area contributed by atoms with Crippen LogP contribution < -0.4 is 0 Å². The summed E-state index contributed by atoms with van der Waals surface area (Å²) in [6, 6.07) is 11.5. The number of pyridine rings is 2. The Morgan fingerprint density at radius 1 is 1.10 bits per heavy atom. The van der Waals surface area contributed by atoms with Gasteiger partial charge in [0.15, 0.2) is 0 Å². The van der Waals surface area contributed by atoms with Crippen molar-refractivity contribution in [1.82, 2.24) is 9.97 Å². The van der Waals surface area contributed by atoms with Crippen molar-refractivity contribution < 1.29 is 9.50 Å². The lowest BCUT2D eigenvalue weighted by molar-refractivity contribution is 0.474. The third-order valence-electron chi connectivity index (χ3n) is 3.02. The van der Waals surface area contributed by atoms with E-state index in [0.29, 0.717) is 10.2 Å². The van der Waals surface area contributed by atoms with Crippen molar-refractivity contribution in [1.29, 1.82) is 0 Å². The van der Waals surface area contributed by atoms with Gasteiger partial charge < -0.3 is 5.11 Å². The molecule has 1 aromatic carbocycles. The van der Waals surface area contributed by atoms with Gasteiger partial charge >= 0.3 is 0 Å². The molecule has 0 amide bonds. The molecule has 0 unspecified atom stereocenters. The second-order valence-electron chi connectivity index (χ2n) is 4.43. The zero-order valence-electron chi connectivity index (χ0n) is 10.8. The fourth-order valence-electron chi connectivity index (χ4n) is 2.01. The fourth-order valence-corrected chi connectivity index (χ4v) is 2.34. The lowest BCUT2D eigenvalue weighted by Gasteiger charge is -2.08. The second-order valence-corrected chi connectivity index (χ2v) is 5.35. The van der Waals surface area contributed by atoms with Gasteiger partial charge in [-0.3, -0.25) is 4.98 Å². The summed E-state index contributed by atoms with van der Waals surface area (Å²) in [7, 11) is 0. The van der Waals surface area contributed by atoms with E-state index in [9.17, 15) is 9.50 Å². The van der Waals surface area contributed by atoms with Crippen LogP contribution >= 0.6 is 15.9 Å². The van der Waals surface area contributed by atoms with Crippen molar-refractivity contribution in [2.45, 2.75) is 0 Å². The van der Waals surface area contributed by atoms with Crippen molar-refractivity contribution in [3.05, 3.63) is 65.1 Å². The zero-order valence-corrected chi connectivity index (χ0v) is 12.4. The van der Waals surface area contributed by atoms with Crippen LogP contribution in [0.1, 0.15) is 0 Å². The number of benzene rings is 1. The number of aromatic nitrogens is 2. The highest BCUT2D eigenvalue weighted by atomic mass is 79.9. The molecule has 0 aliphatic carbocycles. The first-order valence-corrected chi connectivity index (χ1v) is 7.00. The van der Waals surface area contributed by atoms with E-state index in [4.69, 9.17) is 0 Å². The quantitative estimate of drug-likeness (QED) is 0.748. The van der Waals surface area contributed by atoms with Crippen LogP contribution in [0.2, 0.25) is 0 Å². The Kier molecular flexibility index (Phi) is 3.66. The Hall–Kier alpha value is -2.27. The number of rotatable bonds is 2. The largest absolute Gasteiger partial charge is 0.506 e. The maximum absolute atomic E-state index is 14.1. The Morgan fingerprint density at radius 3 is 2.67 bits per heavy atom. The van der Waals surface area contributed by atoms with E-state index in [0.717, 1.165) is 5.56 Å². The van der Waals surface area contributed by atoms with Crippen LogP contribution in [0.3, 0.4) is 0 Å². The molecule has 0 bridgehead atoms. The molecule has 0 radical (unpaired) electrons. The van der Waals surface area contributed by atoms with Crippen LogP contribution in [-0.2, 0) is 0 Å². The SMILES string of the molecule is Oc1ccc(-c2cccnc2)nc1-c1ccc(Br)cc1F. The molecular formula is C16H10BrFN2O. The van der Waals surface area contributed by atoms with Crippen LogP contribution in [0.25, 0.3) is 22.5 Å². The van der Waals surface area contributed by atoms with Gasteiger partial charge in [0, 0.05) is 28.0 Å². The van der Waals surface area contributed by atoms with Gasteiger partial charge in [-0.2, -0.15) is 0 Å². The maximum Gasteiger partial charge on any atom is 0.142 e. The molecule has 21 heavy (non-hydrogen) atoms. The molecule has 104 valence electrons. The minimum absolute atomic E-state index is 0.0659. The summed E-state index contributed by atoms with van der Waals surface area (Å²) in [5.74, 6) is -0.514. The van der Waals surface area contributed by atoms with Crippen molar-refractivity contribution in [2.24, 2.45) is 0 Å². The van der Waals surface area contributed by atoms with E-state index in [1.807, 2.05) is 6.07 Å². The first-order valence-electron chi connectivity index (χ1n) is 6.21. The molecule has 0 atom stereocenters. The highest BCUT2D eigenvalue weighted by molar-refractivity contribution is 9.10. The highest BCUT2D eigenvalue weighted by Gasteiger charge is 2.13. The molecule has 5 heteroatoms. The summed E-state index contributed by atoms with van der Waals surface area (Å²) in [5, 5.41) is 9.97. The molecule has 0 saturated heterocycles. The number of aromatic hydroxyl groups is 1. The first-order chi connectivity index (χ1) is 10.1. The topological polar surface area (TPSA) is 46.0 Å². The van der Waals surface area contributed by atoms with Gasteiger partial charge in [0.25, 0.3) is 0 Å². The Labute approximate surface area is 129 Å². The van der Waals surface area contributed by atoms with Gasteiger partial charge in [-0.25, -0.2) is 9.37 Å². The molecule has 2 heterocycles. The van der Waals surface area contributed by atoms with E-state index in [1.54, 1.807) is 36.7 Å². The highest BCUT2D eigenvalue weighted by Crippen LogP contribution is 2.32. The fraction of sp³-hybridized carbons (Fsp3) is 0. The zero-order chi connectivity index (χ0) is 14.8. The van der Waals surface area contributed by atoms with Gasteiger partial charge in [-0.1, -0.05) is 15.9 Å². The van der Waals surface area contributed by atoms with Crippen LogP contribution in [0.15, 0.2) is 59.3 Å². The summed E-state index contributed by atoms with van der Waals surface area (Å²) >= 11 is 3.21. The number of hydrogen-bond donors (Lipinski definition) is 1. The van der Waals surface area contributed by atoms with E-state index >= 15 is 0 Å². The summed E-state index contributed by atoms with van der Waals surface area (Å²) in [4.78, 5) is 8.39. The summed E-state index contributed by atoms with van der Waals surface area (Å²) in [6.07, 6.45) is 3.33. The van der Waals surface area contributed by atoms with Crippen molar-refractivity contribution in [3.8, 4) is 28.3 Å². The Morgan fingerprint density at radius 2 is 1.95 bits per heavy atom. The van der Waals surface area contributed by atoms with Crippen LogP contribution in [-0.4, -0.2) is 15.1 Å². The maximum atomic E-state index is 14.1. The summed E-state index contributed by atoms with van der Waals surface area (Å²) < 4.78 is 14.7. The minimum Gasteiger partial charge on any atom is -0.506 e. The predicted molar refractivity (Wildman–Crippen MR) is 82.2 cm³/mol. The number of hydrogen-bond acceptors (Lipinski definition) is 3. The smallest absolute Gasteiger partial charge is 0.142 e. The summed E-state index contributed by atoms with van der Waals surface area (Å²) in [6.45, 7) is 0.